The van der Waals surface area contributed by atoms with Crippen molar-refractivity contribution in [2.75, 3.05) is 7.11 Å². The lowest BCUT2D eigenvalue weighted by Gasteiger charge is -2.20. The number of methoxy groups -OCH3 is 1. The third-order valence-electron chi connectivity index (χ3n) is 4.68. The number of aromatic nitrogens is 2. The van der Waals surface area contributed by atoms with Crippen LogP contribution in [0.2, 0.25) is 0 Å². The van der Waals surface area contributed by atoms with Gasteiger partial charge in [0.1, 0.15) is 11.3 Å². The van der Waals surface area contributed by atoms with Crippen LogP contribution in [0.5, 0.6) is 5.75 Å². The van der Waals surface area contributed by atoms with Gasteiger partial charge < -0.3 is 14.6 Å². The Kier molecular flexibility index (Phi) is 5.16. The zero-order chi connectivity index (χ0) is 17.8. The van der Waals surface area contributed by atoms with Gasteiger partial charge in [-0.25, -0.2) is 0 Å². The second kappa shape index (κ2) is 7.51. The Bertz CT molecular complexity index is 815. The molecule has 0 unspecified atom stereocenters. The Morgan fingerprint density at radius 1 is 1.28 bits per heavy atom. The minimum absolute atomic E-state index is 0.104. The van der Waals surface area contributed by atoms with Crippen molar-refractivity contribution in [1.29, 1.82) is 0 Å². The van der Waals surface area contributed by atoms with Gasteiger partial charge in [0.25, 0.3) is 11.5 Å². The fourth-order valence-electron chi connectivity index (χ4n) is 3.32. The fraction of sp³-hybridized carbons (Fsp3) is 0.421. The van der Waals surface area contributed by atoms with E-state index in [4.69, 9.17) is 4.74 Å². The highest BCUT2D eigenvalue weighted by Crippen LogP contribution is 2.25. The Hall–Kier alpha value is -2.63. The van der Waals surface area contributed by atoms with Crippen molar-refractivity contribution in [3.05, 3.63) is 57.8 Å². The Labute approximate surface area is 146 Å². The van der Waals surface area contributed by atoms with Crippen LogP contribution in [0.1, 0.15) is 53.8 Å². The van der Waals surface area contributed by atoms with E-state index in [0.29, 0.717) is 24.3 Å². The second-order valence-electron chi connectivity index (χ2n) is 6.31. The van der Waals surface area contributed by atoms with Crippen molar-refractivity contribution < 1.29 is 9.53 Å². The molecule has 0 aliphatic carbocycles. The smallest absolute Gasteiger partial charge is 0.257 e. The van der Waals surface area contributed by atoms with Gasteiger partial charge in [-0.2, -0.15) is 0 Å². The maximum atomic E-state index is 13.0. The first-order valence-corrected chi connectivity index (χ1v) is 8.63. The molecule has 0 saturated carbocycles. The van der Waals surface area contributed by atoms with Crippen molar-refractivity contribution in [1.82, 2.24) is 14.9 Å². The molecule has 3 rings (SSSR count). The van der Waals surface area contributed by atoms with E-state index in [-0.39, 0.29) is 17.5 Å². The summed E-state index contributed by atoms with van der Waals surface area (Å²) in [6.45, 7) is 2.58. The van der Waals surface area contributed by atoms with E-state index in [1.54, 1.807) is 17.0 Å². The number of ether oxygens (including phenoxy) is 1. The van der Waals surface area contributed by atoms with Gasteiger partial charge in [-0.1, -0.05) is 6.42 Å². The van der Waals surface area contributed by atoms with Crippen LogP contribution in [-0.2, 0) is 13.0 Å². The number of rotatable bonds is 4. The molecule has 2 aromatic rings. The lowest BCUT2D eigenvalue weighted by atomic mass is 10.0. The number of carbonyl (C=O) groups excluding carboxylic acids is 1. The summed E-state index contributed by atoms with van der Waals surface area (Å²) >= 11 is 0. The Balaban J connectivity index is 1.97. The normalized spacial score (nSPS) is 15.0. The van der Waals surface area contributed by atoms with Crippen LogP contribution >= 0.6 is 0 Å². The predicted molar refractivity (Wildman–Crippen MR) is 94.9 cm³/mol. The van der Waals surface area contributed by atoms with Gasteiger partial charge in [0, 0.05) is 30.7 Å². The molecule has 1 atom stereocenters. The van der Waals surface area contributed by atoms with E-state index in [1.165, 1.54) is 13.2 Å². The summed E-state index contributed by atoms with van der Waals surface area (Å²) < 4.78 is 7.08. The average molecular weight is 341 g/mol. The second-order valence-corrected chi connectivity index (χ2v) is 6.31. The number of nitrogens with zero attached hydrogens (tertiary/aromatic N) is 2. The molecule has 0 fully saturated rings. The standard InChI is InChI=1S/C19H23N3O3/c1-13(14-7-9-20-10-8-14)21-19(24)18-15-6-4-3-5-11-22(15)17(23)12-16(18)25-2/h7-10,12-13H,3-6,11H2,1-2H3,(H,21,24)/t13-/m0/s1. The van der Waals surface area contributed by atoms with Crippen LogP contribution < -0.4 is 15.6 Å². The number of amides is 1. The SMILES string of the molecule is COc1cc(=O)n2c(c1C(=O)N[C@@H](C)c1ccncc1)CCCCC2. The molecule has 1 N–H and O–H groups in total. The maximum absolute atomic E-state index is 13.0. The molecule has 0 radical (unpaired) electrons. The lowest BCUT2D eigenvalue weighted by molar-refractivity contribution is 0.0934. The maximum Gasteiger partial charge on any atom is 0.257 e. The van der Waals surface area contributed by atoms with Gasteiger partial charge in [0.2, 0.25) is 0 Å². The van der Waals surface area contributed by atoms with E-state index in [9.17, 15) is 9.59 Å². The first kappa shape index (κ1) is 17.2. The van der Waals surface area contributed by atoms with E-state index in [0.717, 1.165) is 30.5 Å². The molecular formula is C19H23N3O3. The highest BCUT2D eigenvalue weighted by molar-refractivity contribution is 5.98. The molecule has 0 aromatic carbocycles. The van der Waals surface area contributed by atoms with Gasteiger partial charge >= 0.3 is 0 Å². The molecule has 3 heterocycles. The van der Waals surface area contributed by atoms with E-state index >= 15 is 0 Å². The molecule has 1 amide bonds. The third-order valence-corrected chi connectivity index (χ3v) is 4.68. The van der Waals surface area contributed by atoms with Gasteiger partial charge in [-0.3, -0.25) is 14.6 Å². The third kappa shape index (κ3) is 3.57. The van der Waals surface area contributed by atoms with Crippen molar-refractivity contribution >= 4 is 5.91 Å². The van der Waals surface area contributed by atoms with E-state index in [1.807, 2.05) is 19.1 Å². The number of hydrogen-bond acceptors (Lipinski definition) is 4. The summed E-state index contributed by atoms with van der Waals surface area (Å²) in [5, 5.41) is 3.02. The summed E-state index contributed by atoms with van der Waals surface area (Å²) in [4.78, 5) is 29.3. The van der Waals surface area contributed by atoms with E-state index in [2.05, 4.69) is 10.3 Å². The Morgan fingerprint density at radius 3 is 2.76 bits per heavy atom. The summed E-state index contributed by atoms with van der Waals surface area (Å²) in [6, 6.07) is 5.00. The molecule has 0 spiro atoms. The highest BCUT2D eigenvalue weighted by atomic mass is 16.5. The molecule has 1 aliphatic heterocycles. The number of pyridine rings is 2. The topological polar surface area (TPSA) is 73.2 Å². The van der Waals surface area contributed by atoms with Crippen LogP contribution in [0, 0.1) is 0 Å². The zero-order valence-electron chi connectivity index (χ0n) is 14.6. The van der Waals surface area contributed by atoms with Gasteiger partial charge in [0.15, 0.2) is 0 Å². The summed E-state index contributed by atoms with van der Waals surface area (Å²) in [5.74, 6) is 0.129. The number of hydrogen-bond donors (Lipinski definition) is 1. The summed E-state index contributed by atoms with van der Waals surface area (Å²) in [7, 11) is 1.49. The molecule has 0 saturated heterocycles. The van der Waals surface area contributed by atoms with Crippen molar-refractivity contribution in [2.45, 2.75) is 45.2 Å². The first-order chi connectivity index (χ1) is 12.1. The molecule has 25 heavy (non-hydrogen) atoms. The van der Waals surface area contributed by atoms with Crippen LogP contribution in [-0.4, -0.2) is 22.6 Å². The Morgan fingerprint density at radius 2 is 2.04 bits per heavy atom. The highest BCUT2D eigenvalue weighted by Gasteiger charge is 2.24. The fourth-order valence-corrected chi connectivity index (χ4v) is 3.32. The summed E-state index contributed by atoms with van der Waals surface area (Å²) in [5.41, 5.74) is 2.13. The minimum atomic E-state index is -0.216. The molecule has 0 bridgehead atoms. The van der Waals surface area contributed by atoms with Crippen LogP contribution in [0.4, 0.5) is 0 Å². The molecule has 6 heteroatoms. The van der Waals surface area contributed by atoms with Crippen LogP contribution in [0.15, 0.2) is 35.4 Å². The molecule has 132 valence electrons. The summed E-state index contributed by atoms with van der Waals surface area (Å²) in [6.07, 6.45) is 7.08. The predicted octanol–water partition coefficient (Wildman–Crippen LogP) is 2.47. The van der Waals surface area contributed by atoms with Gasteiger partial charge in [0.05, 0.1) is 13.2 Å². The molecule has 2 aromatic heterocycles. The van der Waals surface area contributed by atoms with Gasteiger partial charge in [-0.05, 0) is 43.9 Å². The lowest BCUT2D eigenvalue weighted by Crippen LogP contribution is -2.32. The van der Waals surface area contributed by atoms with Crippen LogP contribution in [0.25, 0.3) is 0 Å². The molecule has 1 aliphatic rings. The van der Waals surface area contributed by atoms with Crippen LogP contribution in [0.3, 0.4) is 0 Å². The minimum Gasteiger partial charge on any atom is -0.496 e. The first-order valence-electron chi connectivity index (χ1n) is 8.63. The number of carbonyl (C=O) groups is 1. The van der Waals surface area contributed by atoms with E-state index < -0.39 is 0 Å². The number of nitrogens with one attached hydrogen (secondary N) is 1. The quantitative estimate of drug-likeness (QED) is 0.927. The average Bonchev–Trinajstić information content (AvgIpc) is 2.88. The van der Waals surface area contributed by atoms with Crippen molar-refractivity contribution in [3.8, 4) is 5.75 Å². The van der Waals surface area contributed by atoms with Crippen molar-refractivity contribution in [2.24, 2.45) is 0 Å². The van der Waals surface area contributed by atoms with Gasteiger partial charge in [-0.15, -0.1) is 0 Å². The number of fused-ring (bicyclic) bond motifs is 1. The molecular weight excluding hydrogens is 318 g/mol. The zero-order valence-corrected chi connectivity index (χ0v) is 14.6. The largest absolute Gasteiger partial charge is 0.496 e. The van der Waals surface area contributed by atoms with Crippen molar-refractivity contribution in [3.63, 3.8) is 0 Å². The molecule has 6 nitrogen and oxygen atoms in total. The monoisotopic (exact) mass is 341 g/mol.